The van der Waals surface area contributed by atoms with Crippen LogP contribution in [0, 0.1) is 28.6 Å². The number of amides is 5. The monoisotopic (exact) mass is 1010 g/mol. The van der Waals surface area contributed by atoms with Crippen molar-refractivity contribution in [2.24, 2.45) is 28.6 Å². The average Bonchev–Trinajstić information content (AvgIpc) is 3.70. The number of hydrogen-bond acceptors (Lipinski definition) is 15. The van der Waals surface area contributed by atoms with E-state index in [0.717, 1.165) is 0 Å². The van der Waals surface area contributed by atoms with Gasteiger partial charge >= 0.3 is 36.2 Å². The highest BCUT2D eigenvalue weighted by Crippen LogP contribution is 2.64. The average molecular weight is 1010 g/mol. The summed E-state index contributed by atoms with van der Waals surface area (Å²) in [5.74, 6) is -5.99. The molecule has 404 valence electrons. The highest BCUT2D eigenvalue weighted by molar-refractivity contribution is 5.90. The fourth-order valence-corrected chi connectivity index (χ4v) is 9.47. The zero-order valence-electron chi connectivity index (χ0n) is 45.8. The third-order valence-electron chi connectivity index (χ3n) is 11.6. The van der Waals surface area contributed by atoms with Gasteiger partial charge in [0.25, 0.3) is 0 Å². The second-order valence-corrected chi connectivity index (χ2v) is 25.5. The van der Waals surface area contributed by atoms with E-state index in [1.807, 2.05) is 0 Å². The molecule has 0 spiro atoms. The number of rotatable bonds is 16. The molecule has 5 unspecified atom stereocenters. The van der Waals surface area contributed by atoms with Crippen LogP contribution in [0.3, 0.4) is 0 Å². The van der Waals surface area contributed by atoms with E-state index in [4.69, 9.17) is 28.4 Å². The van der Waals surface area contributed by atoms with Crippen LogP contribution in [0.15, 0.2) is 0 Å². The molecule has 0 aromatic carbocycles. The first-order valence-electron chi connectivity index (χ1n) is 24.7. The van der Waals surface area contributed by atoms with Gasteiger partial charge in [-0.2, -0.15) is 0 Å². The molecule has 3 N–H and O–H groups in total. The van der Waals surface area contributed by atoms with Crippen molar-refractivity contribution in [3.63, 3.8) is 0 Å². The molecule has 0 aromatic rings. The van der Waals surface area contributed by atoms with Gasteiger partial charge in [-0.25, -0.2) is 14.4 Å². The summed E-state index contributed by atoms with van der Waals surface area (Å²) in [6, 6.07) is -1.23. The molecule has 2 saturated heterocycles. The number of esters is 3. The number of alkyl carbamates (subject to hydrolysis) is 3. The molecule has 71 heavy (non-hydrogen) atoms. The third-order valence-corrected chi connectivity index (χ3v) is 11.6. The van der Waals surface area contributed by atoms with Crippen LogP contribution in [-0.2, 0) is 57.2 Å². The molecule has 5 amide bonds. The van der Waals surface area contributed by atoms with Crippen molar-refractivity contribution >= 4 is 53.8 Å². The Morgan fingerprint density at radius 1 is 0.465 bits per heavy atom. The van der Waals surface area contributed by atoms with Crippen molar-refractivity contribution in [3.05, 3.63) is 0 Å². The van der Waals surface area contributed by atoms with Crippen LogP contribution >= 0.6 is 0 Å². The van der Waals surface area contributed by atoms with Gasteiger partial charge in [0, 0.05) is 68.4 Å². The van der Waals surface area contributed by atoms with Crippen molar-refractivity contribution in [3.8, 4) is 0 Å². The normalized spacial score (nSPS) is 21.6. The van der Waals surface area contributed by atoms with E-state index in [9.17, 15) is 43.2 Å². The second kappa shape index (κ2) is 22.3. The number of ether oxygens (including phenoxy) is 6. The molecule has 5 atom stereocenters. The molecule has 1 aliphatic carbocycles. The van der Waals surface area contributed by atoms with Crippen LogP contribution in [-0.4, -0.2) is 143 Å². The molecular formula is C51H85N5O15. The zero-order valence-corrected chi connectivity index (χ0v) is 45.8. The summed E-state index contributed by atoms with van der Waals surface area (Å²) in [6.07, 6.45) is -3.16. The number of ketones is 1. The van der Waals surface area contributed by atoms with E-state index in [-0.39, 0.29) is 83.6 Å². The maximum atomic E-state index is 14.8. The van der Waals surface area contributed by atoms with Crippen molar-refractivity contribution in [2.45, 2.75) is 203 Å². The summed E-state index contributed by atoms with van der Waals surface area (Å²) in [5.41, 5.74) is -7.00. The lowest BCUT2D eigenvalue weighted by molar-refractivity contribution is -0.158. The minimum Gasteiger partial charge on any atom is -0.460 e. The van der Waals surface area contributed by atoms with Crippen molar-refractivity contribution < 1.29 is 71.6 Å². The Kier molecular flexibility index (Phi) is 18.9. The van der Waals surface area contributed by atoms with Crippen molar-refractivity contribution in [1.82, 2.24) is 25.8 Å². The van der Waals surface area contributed by atoms with E-state index in [0.29, 0.717) is 0 Å². The topological polar surface area (TPSA) is 252 Å². The van der Waals surface area contributed by atoms with E-state index in [1.54, 1.807) is 134 Å². The van der Waals surface area contributed by atoms with Gasteiger partial charge in [-0.05, 0) is 144 Å². The zero-order chi connectivity index (χ0) is 54.5. The first-order chi connectivity index (χ1) is 32.0. The van der Waals surface area contributed by atoms with Gasteiger partial charge in [0.05, 0.1) is 18.8 Å². The Hall–Kier alpha value is -5.17. The third kappa shape index (κ3) is 19.4. The Labute approximate surface area is 420 Å². The van der Waals surface area contributed by atoms with Crippen molar-refractivity contribution in [2.75, 3.05) is 39.3 Å². The lowest BCUT2D eigenvalue weighted by atomic mass is 9.71. The van der Waals surface area contributed by atoms with Crippen LogP contribution in [0.2, 0.25) is 0 Å². The largest absolute Gasteiger partial charge is 0.460 e. The molecule has 1 saturated carbocycles. The fraction of sp³-hybridized carbons (Fsp3) is 0.824. The first kappa shape index (κ1) is 60.1. The quantitative estimate of drug-likeness (QED) is 0.112. The van der Waals surface area contributed by atoms with Gasteiger partial charge in [-0.3, -0.25) is 28.8 Å². The molecule has 0 bridgehead atoms. The second-order valence-electron chi connectivity index (χ2n) is 25.5. The van der Waals surface area contributed by atoms with Gasteiger partial charge in [0.1, 0.15) is 45.4 Å². The number of nitrogens with one attached hydrogen (secondary N) is 3. The summed E-state index contributed by atoms with van der Waals surface area (Å²) in [6.45, 7) is 30.2. The van der Waals surface area contributed by atoms with E-state index in [1.165, 1.54) is 0 Å². The Balaban J connectivity index is 2.08. The molecule has 3 aliphatic rings. The van der Waals surface area contributed by atoms with E-state index >= 15 is 0 Å². The smallest absolute Gasteiger partial charge is 0.408 e. The van der Waals surface area contributed by atoms with Gasteiger partial charge in [0.15, 0.2) is 0 Å². The van der Waals surface area contributed by atoms with Crippen LogP contribution in [0.25, 0.3) is 0 Å². The van der Waals surface area contributed by atoms with Crippen LogP contribution < -0.4 is 16.0 Å². The number of Topliss-reactive ketones (excluding diaryl/α,β-unsaturated/α-hetero) is 1. The fourth-order valence-electron chi connectivity index (χ4n) is 9.47. The predicted molar refractivity (Wildman–Crippen MR) is 260 cm³/mol. The Morgan fingerprint density at radius 3 is 1.20 bits per heavy atom. The van der Waals surface area contributed by atoms with Crippen molar-refractivity contribution in [1.29, 1.82) is 0 Å². The van der Waals surface area contributed by atoms with Crippen LogP contribution in [0.5, 0.6) is 0 Å². The standard InChI is InChI=1S/C51H85N5O15/c1-44(2,3)66-35(57)20-19-34(54-43(65)71-49(16,17)18)40(62)56-29-50-23-33(38(60)31(21-36(58)67-45(4,5)6)25-52-41(63)69-47(10,11)12)24-51(50,30-56)28-55(27-50)39(61)32(22-37(59)68-46(7,8)9)26-53-42(64)70-48(13,14)15/h31-34H,19-30H2,1-18H3,(H,52,63)(H,53,64)(H,54,65). The predicted octanol–water partition coefficient (Wildman–Crippen LogP) is 6.38. The molecule has 3 fully saturated rings. The van der Waals surface area contributed by atoms with Gasteiger partial charge in [-0.15, -0.1) is 0 Å². The highest BCUT2D eigenvalue weighted by Gasteiger charge is 2.69. The maximum Gasteiger partial charge on any atom is 0.408 e. The molecule has 20 nitrogen and oxygen atoms in total. The number of nitrogens with zero attached hydrogens (tertiary/aromatic N) is 2. The number of hydrogen-bond donors (Lipinski definition) is 3. The number of likely N-dealkylation sites (tertiary alicyclic amines) is 2. The molecule has 2 heterocycles. The Morgan fingerprint density at radius 2 is 0.803 bits per heavy atom. The summed E-state index contributed by atoms with van der Waals surface area (Å²) in [5, 5.41) is 7.95. The summed E-state index contributed by atoms with van der Waals surface area (Å²) in [4.78, 5) is 126. The summed E-state index contributed by atoms with van der Waals surface area (Å²) >= 11 is 0. The Bertz CT molecular complexity index is 1750. The van der Waals surface area contributed by atoms with Gasteiger partial charge in [-0.1, -0.05) is 0 Å². The highest BCUT2D eigenvalue weighted by atomic mass is 16.6. The maximum absolute atomic E-state index is 14.8. The van der Waals surface area contributed by atoms with E-state index < -0.39 is 116 Å². The van der Waals surface area contributed by atoms with E-state index in [2.05, 4.69) is 16.0 Å². The lowest BCUT2D eigenvalue weighted by Gasteiger charge is -2.33. The molecule has 0 aromatic heterocycles. The SMILES string of the molecule is CC(C)(C)OC(=O)CCC(NC(=O)OC(C)(C)C)C(=O)N1CC23CC(C(=O)C(CNC(=O)OC(C)(C)C)CC(=O)OC(C)(C)C)CC2(CN(C(=O)C(CNC(=O)OC(C)(C)C)CC(=O)OC(C)(C)C)C3)C1. The molecule has 20 heteroatoms. The summed E-state index contributed by atoms with van der Waals surface area (Å²) in [7, 11) is 0. The number of carbonyl (C=O) groups is 9. The summed E-state index contributed by atoms with van der Waals surface area (Å²) < 4.78 is 33.1. The van der Waals surface area contributed by atoms with Gasteiger partial charge < -0.3 is 54.2 Å². The molecule has 2 aliphatic heterocycles. The lowest BCUT2D eigenvalue weighted by Crippen LogP contribution is -2.51. The van der Waals surface area contributed by atoms with Gasteiger partial charge in [0.2, 0.25) is 11.8 Å². The minimum atomic E-state index is -1.23. The molecular weight excluding hydrogens is 923 g/mol. The molecule has 3 rings (SSSR count). The minimum absolute atomic E-state index is 0.0259. The van der Waals surface area contributed by atoms with Crippen LogP contribution in [0.1, 0.15) is 163 Å². The first-order valence-corrected chi connectivity index (χ1v) is 24.7. The van der Waals surface area contributed by atoms with Crippen LogP contribution in [0.4, 0.5) is 14.4 Å². The molecule has 0 radical (unpaired) electrons. The number of carbonyl (C=O) groups excluding carboxylic acids is 9.